The van der Waals surface area contributed by atoms with E-state index in [-0.39, 0.29) is 23.5 Å². The molecule has 0 radical (unpaired) electrons. The van der Waals surface area contributed by atoms with Gasteiger partial charge in [0.1, 0.15) is 0 Å². The van der Waals surface area contributed by atoms with Crippen LogP contribution in [-0.2, 0) is 6.42 Å². The maximum atomic E-state index is 13.0. The first-order chi connectivity index (χ1) is 12.5. The van der Waals surface area contributed by atoms with Crippen LogP contribution in [-0.4, -0.2) is 39.8 Å². The Morgan fingerprint density at radius 3 is 2.69 bits per heavy atom. The summed E-state index contributed by atoms with van der Waals surface area (Å²) in [6, 6.07) is 5.49. The average Bonchev–Trinajstić information content (AvgIpc) is 3.29. The Kier molecular flexibility index (Phi) is 4.34. The molecular weight excluding hydrogens is 330 g/mol. The molecule has 6 heteroatoms. The smallest absolute Gasteiger partial charge is 0.254 e. The number of ketones is 1. The van der Waals surface area contributed by atoms with E-state index in [0.29, 0.717) is 37.4 Å². The minimum Gasteiger partial charge on any atom is -0.339 e. The highest BCUT2D eigenvalue weighted by molar-refractivity contribution is 6.05. The lowest BCUT2D eigenvalue weighted by atomic mass is 9.95. The summed E-state index contributed by atoms with van der Waals surface area (Å²) in [5, 5.41) is 4.04. The molecule has 0 N–H and O–H groups in total. The second-order valence-electron chi connectivity index (χ2n) is 7.47. The Labute approximate surface area is 152 Å². The second kappa shape index (κ2) is 6.67. The van der Waals surface area contributed by atoms with Crippen molar-refractivity contribution >= 4 is 11.7 Å². The molecule has 0 saturated carbocycles. The Morgan fingerprint density at radius 1 is 1.23 bits per heavy atom. The van der Waals surface area contributed by atoms with Crippen LogP contribution in [0.3, 0.4) is 0 Å². The number of piperidine rings is 1. The van der Waals surface area contributed by atoms with Crippen LogP contribution >= 0.6 is 0 Å². The highest BCUT2D eigenvalue weighted by atomic mass is 16.5. The van der Waals surface area contributed by atoms with Gasteiger partial charge in [0.05, 0.1) is 0 Å². The molecular formula is C20H23N3O3. The number of fused-ring (bicyclic) bond motifs is 1. The summed E-state index contributed by atoms with van der Waals surface area (Å²) in [6.07, 6.45) is 2.82. The number of Topliss-reactive ketones (excluding diaryl/α,β-unsaturated/α-hetero) is 1. The quantitative estimate of drug-likeness (QED) is 0.846. The molecule has 4 rings (SSSR count). The number of amides is 1. The molecule has 1 amide bonds. The van der Waals surface area contributed by atoms with Gasteiger partial charge in [0, 0.05) is 42.5 Å². The number of nitrogens with zero attached hydrogens (tertiary/aromatic N) is 3. The molecule has 2 aromatic rings. The van der Waals surface area contributed by atoms with Crippen molar-refractivity contribution < 1.29 is 14.1 Å². The summed E-state index contributed by atoms with van der Waals surface area (Å²) in [7, 11) is 0. The molecule has 0 spiro atoms. The number of aromatic nitrogens is 2. The van der Waals surface area contributed by atoms with Crippen LogP contribution in [0.2, 0.25) is 0 Å². The number of likely N-dealkylation sites (tertiary alicyclic amines) is 1. The first kappa shape index (κ1) is 16.9. The fraction of sp³-hybridized carbons (Fsp3) is 0.500. The van der Waals surface area contributed by atoms with Gasteiger partial charge in [-0.3, -0.25) is 9.59 Å². The first-order valence-electron chi connectivity index (χ1n) is 9.32. The van der Waals surface area contributed by atoms with E-state index in [4.69, 9.17) is 4.52 Å². The number of hydrogen-bond donors (Lipinski definition) is 0. The van der Waals surface area contributed by atoms with Gasteiger partial charge < -0.3 is 9.42 Å². The molecule has 1 aliphatic carbocycles. The molecule has 2 heterocycles. The zero-order chi connectivity index (χ0) is 18.3. The van der Waals surface area contributed by atoms with Gasteiger partial charge in [0.2, 0.25) is 5.89 Å². The van der Waals surface area contributed by atoms with Gasteiger partial charge in [-0.1, -0.05) is 31.1 Å². The largest absolute Gasteiger partial charge is 0.339 e. The number of rotatable bonds is 3. The molecule has 0 atom stereocenters. The summed E-state index contributed by atoms with van der Waals surface area (Å²) in [6.45, 7) is 5.42. The van der Waals surface area contributed by atoms with Crippen LogP contribution in [0.4, 0.5) is 0 Å². The molecule has 1 aliphatic heterocycles. The first-order valence-corrected chi connectivity index (χ1v) is 9.32. The normalized spacial score (nSPS) is 17.8. The van der Waals surface area contributed by atoms with Crippen LogP contribution in [0.15, 0.2) is 22.7 Å². The number of carbonyl (C=O) groups excluding carboxylic acids is 2. The summed E-state index contributed by atoms with van der Waals surface area (Å²) >= 11 is 0. The zero-order valence-electron chi connectivity index (χ0n) is 15.2. The van der Waals surface area contributed by atoms with Crippen molar-refractivity contribution in [1.29, 1.82) is 0 Å². The van der Waals surface area contributed by atoms with Gasteiger partial charge in [-0.15, -0.1) is 0 Å². The van der Waals surface area contributed by atoms with E-state index in [0.717, 1.165) is 29.8 Å². The molecule has 1 aromatic carbocycles. The van der Waals surface area contributed by atoms with Gasteiger partial charge in [-0.2, -0.15) is 4.98 Å². The summed E-state index contributed by atoms with van der Waals surface area (Å²) < 4.78 is 5.42. The Hall–Kier alpha value is -2.50. The Bertz CT molecular complexity index is 848. The fourth-order valence-electron chi connectivity index (χ4n) is 3.84. The predicted octanol–water partition coefficient (Wildman–Crippen LogP) is 3.34. The molecule has 0 unspecified atom stereocenters. The van der Waals surface area contributed by atoms with E-state index < -0.39 is 0 Å². The van der Waals surface area contributed by atoms with Crippen LogP contribution in [0.1, 0.15) is 82.9 Å². The average molecular weight is 353 g/mol. The number of benzene rings is 1. The van der Waals surface area contributed by atoms with E-state index in [1.54, 1.807) is 0 Å². The predicted molar refractivity (Wildman–Crippen MR) is 95.4 cm³/mol. The van der Waals surface area contributed by atoms with Crippen LogP contribution in [0.5, 0.6) is 0 Å². The van der Waals surface area contributed by atoms with Crippen molar-refractivity contribution in [3.63, 3.8) is 0 Å². The van der Waals surface area contributed by atoms with Gasteiger partial charge in [0.15, 0.2) is 11.6 Å². The molecule has 0 bridgehead atoms. The maximum Gasteiger partial charge on any atom is 0.254 e. The van der Waals surface area contributed by atoms with E-state index in [1.807, 2.05) is 36.9 Å². The van der Waals surface area contributed by atoms with Gasteiger partial charge >= 0.3 is 0 Å². The molecule has 6 nitrogen and oxygen atoms in total. The number of hydrogen-bond acceptors (Lipinski definition) is 5. The standard InChI is InChI=1S/C20H23N3O3/c1-12(2)18-21-19(26-22-18)13-8-10-23(11-9-13)20(25)16-5-3-4-15-14(16)6-7-17(15)24/h3-5,12-13H,6-11H2,1-2H3. The molecule has 136 valence electrons. The Balaban J connectivity index is 1.45. The fourth-order valence-corrected chi connectivity index (χ4v) is 3.84. The van der Waals surface area contributed by atoms with E-state index in [2.05, 4.69) is 10.1 Å². The van der Waals surface area contributed by atoms with E-state index >= 15 is 0 Å². The SMILES string of the molecule is CC(C)c1noc(C2CCN(C(=O)c3cccc4c3CCC4=O)CC2)n1. The van der Waals surface area contributed by atoms with Crippen LogP contribution in [0, 0.1) is 0 Å². The molecule has 2 aliphatic rings. The lowest BCUT2D eigenvalue weighted by Gasteiger charge is -2.31. The van der Waals surface area contributed by atoms with Crippen molar-refractivity contribution in [2.45, 2.75) is 51.4 Å². The highest BCUT2D eigenvalue weighted by Crippen LogP contribution is 2.30. The van der Waals surface area contributed by atoms with Crippen molar-refractivity contribution in [2.24, 2.45) is 0 Å². The molecule has 1 fully saturated rings. The molecule has 26 heavy (non-hydrogen) atoms. The van der Waals surface area contributed by atoms with Crippen molar-refractivity contribution in [1.82, 2.24) is 15.0 Å². The van der Waals surface area contributed by atoms with Gasteiger partial charge in [0.25, 0.3) is 5.91 Å². The van der Waals surface area contributed by atoms with Crippen LogP contribution < -0.4 is 0 Å². The molecule has 1 aromatic heterocycles. The van der Waals surface area contributed by atoms with Crippen molar-refractivity contribution in [3.05, 3.63) is 46.6 Å². The van der Waals surface area contributed by atoms with E-state index in [1.165, 1.54) is 0 Å². The van der Waals surface area contributed by atoms with Crippen LogP contribution in [0.25, 0.3) is 0 Å². The topological polar surface area (TPSA) is 76.3 Å². The maximum absolute atomic E-state index is 13.0. The minimum absolute atomic E-state index is 0.0309. The minimum atomic E-state index is 0.0309. The van der Waals surface area contributed by atoms with Crippen molar-refractivity contribution in [2.75, 3.05) is 13.1 Å². The van der Waals surface area contributed by atoms with Gasteiger partial charge in [-0.05, 0) is 30.9 Å². The summed E-state index contributed by atoms with van der Waals surface area (Å²) in [5.74, 6) is 2.06. The van der Waals surface area contributed by atoms with E-state index in [9.17, 15) is 9.59 Å². The zero-order valence-corrected chi connectivity index (χ0v) is 15.2. The number of carbonyl (C=O) groups is 2. The lowest BCUT2D eigenvalue weighted by molar-refractivity contribution is 0.0703. The molecule has 1 saturated heterocycles. The highest BCUT2D eigenvalue weighted by Gasteiger charge is 2.31. The third-order valence-electron chi connectivity index (χ3n) is 5.41. The summed E-state index contributed by atoms with van der Waals surface area (Å²) in [4.78, 5) is 31.3. The third-order valence-corrected chi connectivity index (χ3v) is 5.41. The van der Waals surface area contributed by atoms with Crippen molar-refractivity contribution in [3.8, 4) is 0 Å². The third kappa shape index (κ3) is 2.93. The summed E-state index contributed by atoms with van der Waals surface area (Å²) in [5.41, 5.74) is 2.33. The van der Waals surface area contributed by atoms with Gasteiger partial charge in [-0.25, -0.2) is 0 Å². The Morgan fingerprint density at radius 2 is 2.00 bits per heavy atom. The second-order valence-corrected chi connectivity index (χ2v) is 7.47. The monoisotopic (exact) mass is 353 g/mol. The lowest BCUT2D eigenvalue weighted by Crippen LogP contribution is -2.38.